The molecule has 2 rings (SSSR count). The molecular formula is C19H25N. The summed E-state index contributed by atoms with van der Waals surface area (Å²) in [5.41, 5.74) is 8.29. The molecule has 0 aliphatic carbocycles. The van der Waals surface area contributed by atoms with Crippen molar-refractivity contribution in [3.8, 4) is 0 Å². The molecule has 1 heteroatoms. The van der Waals surface area contributed by atoms with Crippen LogP contribution in [-0.4, -0.2) is 7.05 Å². The van der Waals surface area contributed by atoms with Crippen molar-refractivity contribution in [1.82, 2.24) is 5.32 Å². The Balaban J connectivity index is 2.55. The van der Waals surface area contributed by atoms with Crippen molar-refractivity contribution in [3.63, 3.8) is 0 Å². The number of aryl methyl sites for hydroxylation is 4. The summed E-state index contributed by atoms with van der Waals surface area (Å²) in [6, 6.07) is 13.6. The Hall–Kier alpha value is -1.60. The molecule has 2 aromatic rings. The molecule has 0 aromatic heterocycles. The van der Waals surface area contributed by atoms with Crippen molar-refractivity contribution in [3.05, 3.63) is 69.8 Å². The highest BCUT2D eigenvalue weighted by Gasteiger charge is 2.17. The highest BCUT2D eigenvalue weighted by Crippen LogP contribution is 2.29. The van der Waals surface area contributed by atoms with Gasteiger partial charge in [-0.15, -0.1) is 0 Å². The van der Waals surface area contributed by atoms with Crippen molar-refractivity contribution in [2.45, 2.75) is 40.2 Å². The summed E-state index contributed by atoms with van der Waals surface area (Å²) in [5, 5.41) is 3.50. The van der Waals surface area contributed by atoms with E-state index in [0.717, 1.165) is 6.42 Å². The van der Waals surface area contributed by atoms with Crippen LogP contribution in [0.3, 0.4) is 0 Å². The van der Waals surface area contributed by atoms with E-state index in [1.165, 1.54) is 33.4 Å². The second-order valence-corrected chi connectivity index (χ2v) is 5.57. The minimum Gasteiger partial charge on any atom is -0.309 e. The van der Waals surface area contributed by atoms with E-state index < -0.39 is 0 Å². The van der Waals surface area contributed by atoms with Gasteiger partial charge in [-0.3, -0.25) is 0 Å². The molecule has 1 N–H and O–H groups in total. The normalized spacial score (nSPS) is 12.4. The Morgan fingerprint density at radius 3 is 2.20 bits per heavy atom. The molecule has 1 atom stereocenters. The first kappa shape index (κ1) is 14.8. The first-order valence-electron chi connectivity index (χ1n) is 7.41. The van der Waals surface area contributed by atoms with Crippen LogP contribution in [0.5, 0.6) is 0 Å². The Labute approximate surface area is 123 Å². The molecule has 0 fully saturated rings. The van der Waals surface area contributed by atoms with Gasteiger partial charge in [0.1, 0.15) is 0 Å². The predicted molar refractivity (Wildman–Crippen MR) is 87.4 cm³/mol. The van der Waals surface area contributed by atoms with Crippen LogP contribution in [0.4, 0.5) is 0 Å². The van der Waals surface area contributed by atoms with Crippen molar-refractivity contribution in [2.75, 3.05) is 7.05 Å². The van der Waals surface area contributed by atoms with Gasteiger partial charge in [-0.1, -0.05) is 43.3 Å². The van der Waals surface area contributed by atoms with Crippen LogP contribution in [0.25, 0.3) is 0 Å². The highest BCUT2D eigenvalue weighted by atomic mass is 14.9. The topological polar surface area (TPSA) is 12.0 Å². The standard InChI is InChI=1S/C19H25N/c1-6-16-9-7-8-10-17(16)19(20-5)18-12-14(3)13(2)11-15(18)4/h7-12,19-20H,6H2,1-5H3. The molecule has 0 aliphatic rings. The molecule has 0 aliphatic heterocycles. The summed E-state index contributed by atoms with van der Waals surface area (Å²) in [4.78, 5) is 0. The molecular weight excluding hydrogens is 242 g/mol. The van der Waals surface area contributed by atoms with Gasteiger partial charge in [0.25, 0.3) is 0 Å². The maximum Gasteiger partial charge on any atom is 0.0579 e. The van der Waals surface area contributed by atoms with E-state index in [0.29, 0.717) is 0 Å². The summed E-state index contributed by atoms with van der Waals surface area (Å²) in [5.74, 6) is 0. The molecule has 0 saturated heterocycles. The molecule has 106 valence electrons. The Morgan fingerprint density at radius 2 is 1.55 bits per heavy atom. The van der Waals surface area contributed by atoms with E-state index in [1.807, 2.05) is 7.05 Å². The second kappa shape index (κ2) is 6.23. The summed E-state index contributed by atoms with van der Waals surface area (Å²) in [6.07, 6.45) is 1.07. The van der Waals surface area contributed by atoms with Gasteiger partial charge in [0.05, 0.1) is 6.04 Å². The van der Waals surface area contributed by atoms with Gasteiger partial charge in [0, 0.05) is 0 Å². The van der Waals surface area contributed by atoms with Gasteiger partial charge in [-0.2, -0.15) is 0 Å². The van der Waals surface area contributed by atoms with Crippen molar-refractivity contribution in [2.24, 2.45) is 0 Å². The van der Waals surface area contributed by atoms with Crippen LogP contribution in [-0.2, 0) is 6.42 Å². The summed E-state index contributed by atoms with van der Waals surface area (Å²) in [6.45, 7) is 8.80. The molecule has 1 unspecified atom stereocenters. The van der Waals surface area contributed by atoms with E-state index in [1.54, 1.807) is 0 Å². The molecule has 0 radical (unpaired) electrons. The van der Waals surface area contributed by atoms with Crippen LogP contribution < -0.4 is 5.32 Å². The third-order valence-electron chi connectivity index (χ3n) is 4.23. The minimum atomic E-state index is 0.269. The van der Waals surface area contributed by atoms with E-state index in [-0.39, 0.29) is 6.04 Å². The van der Waals surface area contributed by atoms with Crippen molar-refractivity contribution >= 4 is 0 Å². The zero-order chi connectivity index (χ0) is 14.7. The lowest BCUT2D eigenvalue weighted by molar-refractivity contribution is 0.679. The van der Waals surface area contributed by atoms with Crippen LogP contribution in [0.2, 0.25) is 0 Å². The van der Waals surface area contributed by atoms with Gasteiger partial charge < -0.3 is 5.32 Å². The first-order chi connectivity index (χ1) is 9.58. The SMILES string of the molecule is CCc1ccccc1C(NC)c1cc(C)c(C)cc1C. The zero-order valence-electron chi connectivity index (χ0n) is 13.2. The third kappa shape index (κ3) is 2.78. The zero-order valence-corrected chi connectivity index (χ0v) is 13.2. The molecule has 0 bridgehead atoms. The maximum atomic E-state index is 3.50. The maximum absolute atomic E-state index is 3.50. The average Bonchev–Trinajstić information content (AvgIpc) is 2.45. The van der Waals surface area contributed by atoms with Crippen LogP contribution in [0, 0.1) is 20.8 Å². The number of benzene rings is 2. The van der Waals surface area contributed by atoms with E-state index >= 15 is 0 Å². The van der Waals surface area contributed by atoms with E-state index in [9.17, 15) is 0 Å². The van der Waals surface area contributed by atoms with Crippen molar-refractivity contribution in [1.29, 1.82) is 0 Å². The van der Waals surface area contributed by atoms with Gasteiger partial charge in [0.2, 0.25) is 0 Å². The molecule has 0 spiro atoms. The largest absolute Gasteiger partial charge is 0.309 e. The van der Waals surface area contributed by atoms with Gasteiger partial charge in [0.15, 0.2) is 0 Å². The lowest BCUT2D eigenvalue weighted by atomic mass is 9.89. The van der Waals surface area contributed by atoms with Gasteiger partial charge >= 0.3 is 0 Å². The predicted octanol–water partition coefficient (Wildman–Crippen LogP) is 4.48. The lowest BCUT2D eigenvalue weighted by Crippen LogP contribution is -2.20. The Morgan fingerprint density at radius 1 is 0.900 bits per heavy atom. The third-order valence-corrected chi connectivity index (χ3v) is 4.23. The highest BCUT2D eigenvalue weighted by molar-refractivity contribution is 5.44. The number of rotatable bonds is 4. The van der Waals surface area contributed by atoms with E-state index in [4.69, 9.17) is 0 Å². The molecule has 1 nitrogen and oxygen atoms in total. The quantitative estimate of drug-likeness (QED) is 0.861. The number of hydrogen-bond acceptors (Lipinski definition) is 1. The minimum absolute atomic E-state index is 0.269. The van der Waals surface area contributed by atoms with Crippen LogP contribution in [0.15, 0.2) is 36.4 Å². The fourth-order valence-corrected chi connectivity index (χ4v) is 2.91. The van der Waals surface area contributed by atoms with Crippen LogP contribution >= 0.6 is 0 Å². The summed E-state index contributed by atoms with van der Waals surface area (Å²) in [7, 11) is 2.05. The van der Waals surface area contributed by atoms with Crippen molar-refractivity contribution < 1.29 is 0 Å². The second-order valence-electron chi connectivity index (χ2n) is 5.57. The monoisotopic (exact) mass is 267 g/mol. The number of nitrogens with one attached hydrogen (secondary N) is 1. The molecule has 0 heterocycles. The van der Waals surface area contributed by atoms with Gasteiger partial charge in [-0.25, -0.2) is 0 Å². The fraction of sp³-hybridized carbons (Fsp3) is 0.368. The summed E-state index contributed by atoms with van der Waals surface area (Å²) >= 11 is 0. The first-order valence-corrected chi connectivity index (χ1v) is 7.41. The Bertz CT molecular complexity index is 599. The van der Waals surface area contributed by atoms with Gasteiger partial charge in [-0.05, 0) is 67.6 Å². The smallest absolute Gasteiger partial charge is 0.0579 e. The fourth-order valence-electron chi connectivity index (χ4n) is 2.91. The van der Waals surface area contributed by atoms with Crippen LogP contribution in [0.1, 0.15) is 46.3 Å². The summed E-state index contributed by atoms with van der Waals surface area (Å²) < 4.78 is 0. The number of hydrogen-bond donors (Lipinski definition) is 1. The Kier molecular flexibility index (Phi) is 4.61. The average molecular weight is 267 g/mol. The molecule has 2 aromatic carbocycles. The molecule has 0 amide bonds. The molecule has 20 heavy (non-hydrogen) atoms. The lowest BCUT2D eigenvalue weighted by Gasteiger charge is -2.23. The van der Waals surface area contributed by atoms with E-state index in [2.05, 4.69) is 69.4 Å². The molecule has 0 saturated carbocycles.